The molecule has 1 atom stereocenters. The van der Waals surface area contributed by atoms with Crippen molar-refractivity contribution in [3.63, 3.8) is 0 Å². The van der Waals surface area contributed by atoms with Gasteiger partial charge in [-0.25, -0.2) is 5.43 Å². The monoisotopic (exact) mass is 268 g/mol. The van der Waals surface area contributed by atoms with Crippen LogP contribution in [0, 0.1) is 0 Å². The van der Waals surface area contributed by atoms with E-state index >= 15 is 0 Å². The van der Waals surface area contributed by atoms with Crippen LogP contribution in [0.4, 0.5) is 0 Å². The Morgan fingerprint density at radius 3 is 2.00 bits per heavy atom. The van der Waals surface area contributed by atoms with Gasteiger partial charge in [0.25, 0.3) is 0 Å². The Kier molecular flexibility index (Phi) is 5.44. The number of hydrazine groups is 1. The summed E-state index contributed by atoms with van der Waals surface area (Å²) in [7, 11) is 6.28. The number of methoxy groups -OCH3 is 3. The van der Waals surface area contributed by atoms with Crippen LogP contribution in [0.3, 0.4) is 0 Å². The van der Waals surface area contributed by atoms with Gasteiger partial charge in [-0.15, -0.1) is 0 Å². The van der Waals surface area contributed by atoms with Crippen molar-refractivity contribution in [1.29, 1.82) is 0 Å². The first-order valence-corrected chi connectivity index (χ1v) is 5.85. The fourth-order valence-corrected chi connectivity index (χ4v) is 1.82. The maximum absolute atomic E-state index is 11.9. The van der Waals surface area contributed by atoms with Crippen molar-refractivity contribution in [1.82, 2.24) is 10.9 Å². The summed E-state index contributed by atoms with van der Waals surface area (Å²) in [6.45, 7) is 1.78. The molecular weight excluding hydrogens is 248 g/mol. The van der Waals surface area contributed by atoms with E-state index in [-0.39, 0.29) is 5.91 Å². The number of nitrogens with one attached hydrogen (secondary N) is 2. The summed E-state index contributed by atoms with van der Waals surface area (Å²) in [5, 5.41) is 0. The maximum Gasteiger partial charge on any atom is 0.241 e. The molecule has 0 aromatic heterocycles. The minimum absolute atomic E-state index is 0.177. The Bertz CT molecular complexity index is 423. The van der Waals surface area contributed by atoms with Crippen LogP contribution < -0.4 is 25.1 Å². The molecule has 6 nitrogen and oxygen atoms in total. The van der Waals surface area contributed by atoms with Gasteiger partial charge in [-0.1, -0.05) is 0 Å². The smallest absolute Gasteiger partial charge is 0.241 e. The van der Waals surface area contributed by atoms with E-state index in [0.717, 1.165) is 0 Å². The molecule has 106 valence electrons. The summed E-state index contributed by atoms with van der Waals surface area (Å²) in [5.41, 5.74) is 5.83. The highest BCUT2D eigenvalue weighted by Crippen LogP contribution is 2.39. The van der Waals surface area contributed by atoms with E-state index < -0.39 is 5.92 Å². The number of hydrogen-bond donors (Lipinski definition) is 2. The van der Waals surface area contributed by atoms with E-state index in [2.05, 4.69) is 10.9 Å². The van der Waals surface area contributed by atoms with Gasteiger partial charge in [0, 0.05) is 24.7 Å². The van der Waals surface area contributed by atoms with Crippen molar-refractivity contribution in [2.45, 2.75) is 12.8 Å². The quantitative estimate of drug-likeness (QED) is 0.755. The molecule has 0 fully saturated rings. The molecule has 1 aromatic rings. The van der Waals surface area contributed by atoms with Crippen molar-refractivity contribution >= 4 is 5.91 Å². The second kappa shape index (κ2) is 6.84. The second-order valence-corrected chi connectivity index (χ2v) is 3.91. The molecular formula is C13H20N2O4. The molecule has 1 unspecified atom stereocenters. The highest BCUT2D eigenvalue weighted by Gasteiger charge is 2.24. The van der Waals surface area contributed by atoms with Crippen LogP contribution in [0.15, 0.2) is 12.1 Å². The van der Waals surface area contributed by atoms with Crippen LogP contribution in [0.1, 0.15) is 18.4 Å². The summed E-state index contributed by atoms with van der Waals surface area (Å²) in [4.78, 5) is 11.9. The third-order valence-corrected chi connectivity index (χ3v) is 2.83. The molecule has 1 aromatic carbocycles. The molecule has 0 aliphatic heterocycles. The van der Waals surface area contributed by atoms with Crippen molar-refractivity contribution in [2.24, 2.45) is 0 Å². The van der Waals surface area contributed by atoms with E-state index in [1.807, 2.05) is 0 Å². The highest BCUT2D eigenvalue weighted by atomic mass is 16.5. The Morgan fingerprint density at radius 2 is 1.63 bits per heavy atom. The predicted octanol–water partition coefficient (Wildman–Crippen LogP) is 1.07. The Balaban J connectivity index is 3.27. The Morgan fingerprint density at radius 1 is 1.11 bits per heavy atom. The lowest BCUT2D eigenvalue weighted by Gasteiger charge is -2.19. The standard InChI is InChI=1S/C13H20N2O4/c1-8(13(16)15-14-2)12-10(18-4)6-9(17-3)7-11(12)19-5/h6-8,14H,1-5H3,(H,15,16). The second-order valence-electron chi connectivity index (χ2n) is 3.91. The Hall–Kier alpha value is -1.95. The van der Waals surface area contributed by atoms with Gasteiger partial charge in [-0.3, -0.25) is 10.2 Å². The van der Waals surface area contributed by atoms with Crippen molar-refractivity contribution < 1.29 is 19.0 Å². The average molecular weight is 268 g/mol. The zero-order valence-corrected chi connectivity index (χ0v) is 11.9. The normalized spacial score (nSPS) is 11.6. The van der Waals surface area contributed by atoms with Crippen LogP contribution in [0.5, 0.6) is 17.2 Å². The number of benzene rings is 1. The van der Waals surface area contributed by atoms with Gasteiger partial charge >= 0.3 is 0 Å². The first-order chi connectivity index (χ1) is 9.08. The molecule has 2 N–H and O–H groups in total. The van der Waals surface area contributed by atoms with Crippen LogP contribution in [0.2, 0.25) is 0 Å². The first-order valence-electron chi connectivity index (χ1n) is 5.85. The lowest BCUT2D eigenvalue weighted by Crippen LogP contribution is -2.37. The molecule has 0 spiro atoms. The molecule has 1 amide bonds. The molecule has 6 heteroatoms. The highest BCUT2D eigenvalue weighted by molar-refractivity contribution is 5.84. The Labute approximate surface area is 113 Å². The van der Waals surface area contributed by atoms with Crippen LogP contribution in [0.25, 0.3) is 0 Å². The van der Waals surface area contributed by atoms with Crippen molar-refractivity contribution in [3.8, 4) is 17.2 Å². The maximum atomic E-state index is 11.9. The molecule has 0 bridgehead atoms. The molecule has 0 aliphatic carbocycles. The SMILES string of the molecule is CNNC(=O)C(C)c1c(OC)cc(OC)cc1OC. The molecule has 0 radical (unpaired) electrons. The van der Waals surface area contributed by atoms with Gasteiger partial charge in [-0.2, -0.15) is 0 Å². The molecule has 1 rings (SSSR count). The van der Waals surface area contributed by atoms with Gasteiger partial charge in [0.15, 0.2) is 0 Å². The van der Waals surface area contributed by atoms with E-state index in [1.165, 1.54) is 0 Å². The first kappa shape index (κ1) is 15.1. The lowest BCUT2D eigenvalue weighted by atomic mass is 9.98. The lowest BCUT2D eigenvalue weighted by molar-refractivity contribution is -0.123. The summed E-state index contributed by atoms with van der Waals surface area (Å²) >= 11 is 0. The van der Waals surface area contributed by atoms with Gasteiger partial charge in [0.05, 0.1) is 27.2 Å². The molecule has 0 saturated carbocycles. The number of rotatable bonds is 6. The predicted molar refractivity (Wildman–Crippen MR) is 71.7 cm³/mol. The summed E-state index contributed by atoms with van der Waals surface area (Å²) in [6.07, 6.45) is 0. The van der Waals surface area contributed by atoms with E-state index in [1.54, 1.807) is 47.4 Å². The zero-order valence-electron chi connectivity index (χ0n) is 11.9. The molecule has 0 saturated heterocycles. The fourth-order valence-electron chi connectivity index (χ4n) is 1.82. The summed E-state index contributed by atoms with van der Waals surface area (Å²) in [5.74, 6) is 1.11. The minimum Gasteiger partial charge on any atom is -0.496 e. The van der Waals surface area contributed by atoms with Gasteiger partial charge in [0.1, 0.15) is 17.2 Å². The fraction of sp³-hybridized carbons (Fsp3) is 0.462. The molecule has 0 heterocycles. The van der Waals surface area contributed by atoms with Crippen molar-refractivity contribution in [3.05, 3.63) is 17.7 Å². The van der Waals surface area contributed by atoms with Gasteiger partial charge < -0.3 is 14.2 Å². The van der Waals surface area contributed by atoms with Crippen LogP contribution >= 0.6 is 0 Å². The minimum atomic E-state index is -0.428. The molecule has 0 aliphatic rings. The number of hydrogen-bond acceptors (Lipinski definition) is 5. The number of carbonyl (C=O) groups excluding carboxylic acids is 1. The van der Waals surface area contributed by atoms with Crippen molar-refractivity contribution in [2.75, 3.05) is 28.4 Å². The van der Waals surface area contributed by atoms with Crippen LogP contribution in [-0.2, 0) is 4.79 Å². The summed E-state index contributed by atoms with van der Waals surface area (Å²) in [6, 6.07) is 3.45. The topological polar surface area (TPSA) is 68.8 Å². The van der Waals surface area contributed by atoms with E-state index in [9.17, 15) is 4.79 Å². The molecule has 19 heavy (non-hydrogen) atoms. The zero-order chi connectivity index (χ0) is 14.4. The number of carbonyl (C=O) groups is 1. The van der Waals surface area contributed by atoms with Gasteiger partial charge in [-0.05, 0) is 6.92 Å². The third-order valence-electron chi connectivity index (χ3n) is 2.83. The van der Waals surface area contributed by atoms with E-state index in [4.69, 9.17) is 14.2 Å². The summed E-state index contributed by atoms with van der Waals surface area (Å²) < 4.78 is 15.8. The number of ether oxygens (including phenoxy) is 3. The number of amides is 1. The van der Waals surface area contributed by atoms with E-state index in [0.29, 0.717) is 22.8 Å². The third kappa shape index (κ3) is 3.29. The van der Waals surface area contributed by atoms with Crippen LogP contribution in [-0.4, -0.2) is 34.3 Å². The average Bonchev–Trinajstić information content (AvgIpc) is 2.44. The largest absolute Gasteiger partial charge is 0.496 e. The van der Waals surface area contributed by atoms with Gasteiger partial charge in [0.2, 0.25) is 5.91 Å².